The molecular weight excluding hydrogens is 404 g/mol. The average molecular weight is 427 g/mol. The van der Waals surface area contributed by atoms with Crippen molar-refractivity contribution in [1.82, 2.24) is 14.8 Å². The van der Waals surface area contributed by atoms with Gasteiger partial charge in [0.05, 0.1) is 10.7 Å². The molecule has 0 unspecified atom stereocenters. The van der Waals surface area contributed by atoms with Crippen LogP contribution in [0, 0.1) is 10.1 Å². The molecule has 30 heavy (non-hydrogen) atoms. The molecule has 0 atom stereocenters. The highest BCUT2D eigenvalue weighted by Gasteiger charge is 2.17. The number of nitrogens with zero attached hydrogens (tertiary/aromatic N) is 5. The van der Waals surface area contributed by atoms with E-state index in [1.54, 1.807) is 12.1 Å². The monoisotopic (exact) mass is 426 g/mol. The van der Waals surface area contributed by atoms with Crippen LogP contribution >= 0.6 is 11.8 Å². The quantitative estimate of drug-likeness (QED) is 0.333. The average Bonchev–Trinajstić information content (AvgIpc) is 3.15. The van der Waals surface area contributed by atoms with Crippen molar-refractivity contribution in [2.45, 2.75) is 18.6 Å². The van der Waals surface area contributed by atoms with E-state index in [0.29, 0.717) is 11.7 Å². The molecule has 3 rings (SSSR count). The van der Waals surface area contributed by atoms with Crippen molar-refractivity contribution in [2.24, 2.45) is 0 Å². The number of hydrogen-bond acceptors (Lipinski definition) is 7. The summed E-state index contributed by atoms with van der Waals surface area (Å²) in [5.74, 6) is 0.431. The van der Waals surface area contributed by atoms with Gasteiger partial charge in [0.25, 0.3) is 5.69 Å². The maximum absolute atomic E-state index is 12.3. The predicted molar refractivity (Wildman–Crippen MR) is 118 cm³/mol. The second-order valence-electron chi connectivity index (χ2n) is 6.61. The normalized spacial score (nSPS) is 10.6. The molecule has 0 saturated heterocycles. The summed E-state index contributed by atoms with van der Waals surface area (Å²) in [4.78, 5) is 24.9. The minimum atomic E-state index is -0.523. The first kappa shape index (κ1) is 21.3. The lowest BCUT2D eigenvalue weighted by Gasteiger charge is -2.14. The number of para-hydroxylation sites is 2. The summed E-state index contributed by atoms with van der Waals surface area (Å²) in [7, 11) is 3.95. The fourth-order valence-corrected chi connectivity index (χ4v) is 3.67. The van der Waals surface area contributed by atoms with Crippen LogP contribution in [-0.4, -0.2) is 45.4 Å². The van der Waals surface area contributed by atoms with Crippen LogP contribution in [0.4, 0.5) is 17.1 Å². The first-order valence-electron chi connectivity index (χ1n) is 9.27. The number of nitro benzene ring substituents is 1. The fourth-order valence-electron chi connectivity index (χ4n) is 2.87. The van der Waals surface area contributed by atoms with Crippen LogP contribution in [0.5, 0.6) is 0 Å². The van der Waals surface area contributed by atoms with E-state index in [-0.39, 0.29) is 23.0 Å². The number of nitrogens with one attached hydrogen (secondary N) is 1. The Balaban J connectivity index is 1.73. The van der Waals surface area contributed by atoms with E-state index in [1.165, 1.54) is 23.9 Å². The molecule has 0 saturated carbocycles. The summed E-state index contributed by atoms with van der Waals surface area (Å²) < 4.78 is 1.94. The second kappa shape index (κ2) is 9.40. The summed E-state index contributed by atoms with van der Waals surface area (Å²) in [6.45, 7) is 2.63. The maximum Gasteiger partial charge on any atom is 0.292 e. The largest absolute Gasteiger partial charge is 0.378 e. The highest BCUT2D eigenvalue weighted by atomic mass is 32.2. The zero-order chi connectivity index (χ0) is 21.7. The smallest absolute Gasteiger partial charge is 0.292 e. The summed E-state index contributed by atoms with van der Waals surface area (Å²) in [5, 5.41) is 22.8. The van der Waals surface area contributed by atoms with Crippen LogP contribution in [0.25, 0.3) is 11.4 Å². The van der Waals surface area contributed by atoms with E-state index in [4.69, 9.17) is 0 Å². The van der Waals surface area contributed by atoms with Gasteiger partial charge in [0.1, 0.15) is 5.69 Å². The number of amides is 1. The third-order valence-corrected chi connectivity index (χ3v) is 5.33. The van der Waals surface area contributed by atoms with Gasteiger partial charge in [0, 0.05) is 38.0 Å². The number of anilines is 2. The Morgan fingerprint density at radius 3 is 2.67 bits per heavy atom. The van der Waals surface area contributed by atoms with Crippen molar-refractivity contribution in [3.63, 3.8) is 0 Å². The molecule has 3 aromatic rings. The first-order valence-corrected chi connectivity index (χ1v) is 10.3. The molecular formula is C20H22N6O3S. The van der Waals surface area contributed by atoms with Crippen LogP contribution in [0.1, 0.15) is 6.92 Å². The van der Waals surface area contributed by atoms with Crippen molar-refractivity contribution >= 4 is 34.7 Å². The summed E-state index contributed by atoms with van der Waals surface area (Å²) in [6, 6.07) is 14.0. The van der Waals surface area contributed by atoms with E-state index >= 15 is 0 Å². The van der Waals surface area contributed by atoms with Crippen LogP contribution in [0.3, 0.4) is 0 Å². The third kappa shape index (κ3) is 4.77. The van der Waals surface area contributed by atoms with Gasteiger partial charge < -0.3 is 14.8 Å². The van der Waals surface area contributed by atoms with Crippen molar-refractivity contribution in [1.29, 1.82) is 0 Å². The Bertz CT molecular complexity index is 1070. The van der Waals surface area contributed by atoms with E-state index in [9.17, 15) is 14.9 Å². The van der Waals surface area contributed by atoms with Crippen molar-refractivity contribution in [3.8, 4) is 11.4 Å². The van der Waals surface area contributed by atoms with Crippen LogP contribution < -0.4 is 10.2 Å². The lowest BCUT2D eigenvalue weighted by molar-refractivity contribution is -0.383. The fraction of sp³-hybridized carbons (Fsp3) is 0.250. The van der Waals surface area contributed by atoms with Gasteiger partial charge in [0.2, 0.25) is 5.91 Å². The first-order chi connectivity index (χ1) is 14.4. The number of thioether (sulfide) groups is 1. The molecule has 1 aromatic heterocycles. The lowest BCUT2D eigenvalue weighted by Crippen LogP contribution is -2.15. The molecule has 1 heterocycles. The van der Waals surface area contributed by atoms with Gasteiger partial charge in [0.15, 0.2) is 11.0 Å². The maximum atomic E-state index is 12.3. The van der Waals surface area contributed by atoms with Crippen LogP contribution in [0.15, 0.2) is 53.7 Å². The molecule has 0 aliphatic rings. The number of hydrogen-bond donors (Lipinski definition) is 1. The van der Waals surface area contributed by atoms with Crippen LogP contribution in [-0.2, 0) is 11.3 Å². The van der Waals surface area contributed by atoms with Gasteiger partial charge in [-0.1, -0.05) is 36.0 Å². The molecule has 9 nitrogen and oxygen atoms in total. The second-order valence-corrected chi connectivity index (χ2v) is 7.55. The van der Waals surface area contributed by atoms with E-state index < -0.39 is 4.92 Å². The third-order valence-electron chi connectivity index (χ3n) is 4.36. The highest BCUT2D eigenvalue weighted by Crippen LogP contribution is 2.27. The minimum Gasteiger partial charge on any atom is -0.378 e. The van der Waals surface area contributed by atoms with Gasteiger partial charge in [-0.05, 0) is 25.1 Å². The Morgan fingerprint density at radius 2 is 1.97 bits per heavy atom. The molecule has 0 radical (unpaired) electrons. The van der Waals surface area contributed by atoms with Crippen molar-refractivity contribution in [2.75, 3.05) is 30.1 Å². The SMILES string of the molecule is CCn1c(SCC(=O)Nc2ccccc2[N+](=O)[O-])nnc1-c1cccc(N(C)C)c1. The molecule has 0 aliphatic heterocycles. The number of carbonyl (C=O) groups is 1. The number of benzene rings is 2. The Labute approximate surface area is 178 Å². The van der Waals surface area contributed by atoms with Gasteiger partial charge >= 0.3 is 0 Å². The summed E-state index contributed by atoms with van der Waals surface area (Å²) >= 11 is 1.24. The van der Waals surface area contributed by atoms with Gasteiger partial charge in [-0.2, -0.15) is 0 Å². The number of nitro groups is 1. The summed E-state index contributed by atoms with van der Waals surface area (Å²) in [5.41, 5.74) is 2.02. The van der Waals surface area contributed by atoms with Crippen LogP contribution in [0.2, 0.25) is 0 Å². The molecule has 0 spiro atoms. The Hall–Kier alpha value is -3.40. The molecule has 0 fully saturated rings. The molecule has 10 heteroatoms. The van der Waals surface area contributed by atoms with E-state index in [1.807, 2.05) is 54.8 Å². The van der Waals surface area contributed by atoms with Gasteiger partial charge in [-0.25, -0.2) is 0 Å². The summed E-state index contributed by atoms with van der Waals surface area (Å²) in [6.07, 6.45) is 0. The standard InChI is InChI=1S/C20H22N6O3S/c1-4-25-19(14-8-7-9-15(12-14)24(2)3)22-23-20(25)30-13-18(27)21-16-10-5-6-11-17(16)26(28)29/h5-12H,4,13H2,1-3H3,(H,21,27). The van der Waals surface area contributed by atoms with E-state index in [0.717, 1.165) is 17.1 Å². The topological polar surface area (TPSA) is 106 Å². The molecule has 1 N–H and O–H groups in total. The zero-order valence-electron chi connectivity index (χ0n) is 16.9. The Morgan fingerprint density at radius 1 is 1.20 bits per heavy atom. The minimum absolute atomic E-state index is 0.0575. The lowest BCUT2D eigenvalue weighted by atomic mass is 10.2. The highest BCUT2D eigenvalue weighted by molar-refractivity contribution is 7.99. The van der Waals surface area contributed by atoms with E-state index in [2.05, 4.69) is 15.5 Å². The predicted octanol–water partition coefficient (Wildman–Crippen LogP) is 3.67. The molecule has 1 amide bonds. The van der Waals surface area contributed by atoms with Crippen molar-refractivity contribution < 1.29 is 9.72 Å². The molecule has 0 bridgehead atoms. The molecule has 0 aliphatic carbocycles. The number of aromatic nitrogens is 3. The molecule has 156 valence electrons. The zero-order valence-corrected chi connectivity index (χ0v) is 17.7. The Kier molecular flexibility index (Phi) is 6.68. The van der Waals surface area contributed by atoms with Crippen molar-refractivity contribution in [3.05, 3.63) is 58.6 Å². The van der Waals surface area contributed by atoms with Gasteiger partial charge in [-0.15, -0.1) is 10.2 Å². The number of rotatable bonds is 8. The van der Waals surface area contributed by atoms with Gasteiger partial charge in [-0.3, -0.25) is 14.9 Å². The molecule has 2 aromatic carbocycles. The number of carbonyl (C=O) groups excluding carboxylic acids is 1.